The molecule has 0 N–H and O–H groups in total. The molecule has 186 valence electrons. The van der Waals surface area contributed by atoms with E-state index >= 15 is 0 Å². The molecule has 1 aromatic carbocycles. The second kappa shape index (κ2) is 9.98. The molecule has 0 saturated heterocycles. The monoisotopic (exact) mass is 471 g/mol. The molecule has 34 heavy (non-hydrogen) atoms. The Morgan fingerprint density at radius 1 is 1.06 bits per heavy atom. The molecule has 0 spiro atoms. The summed E-state index contributed by atoms with van der Waals surface area (Å²) >= 11 is 0. The van der Waals surface area contributed by atoms with Crippen LogP contribution in [0.5, 0.6) is 11.5 Å². The van der Waals surface area contributed by atoms with Gasteiger partial charge in [0.2, 0.25) is 0 Å². The predicted molar refractivity (Wildman–Crippen MR) is 128 cm³/mol. The van der Waals surface area contributed by atoms with Gasteiger partial charge in [-0.05, 0) is 62.6 Å². The number of methoxy groups -OCH3 is 2. The lowest BCUT2D eigenvalue weighted by atomic mass is 9.70. The summed E-state index contributed by atoms with van der Waals surface area (Å²) in [6.45, 7) is 9.39. The summed E-state index contributed by atoms with van der Waals surface area (Å²) in [6.07, 6.45) is 2.15. The molecule has 1 aliphatic carbocycles. The zero-order valence-electron chi connectivity index (χ0n) is 21.1. The number of hydrogen-bond acceptors (Lipinski definition) is 6. The van der Waals surface area contributed by atoms with E-state index in [1.807, 2.05) is 32.0 Å². The van der Waals surface area contributed by atoms with Gasteiger partial charge in [0.1, 0.15) is 6.10 Å². The number of rotatable bonds is 8. The molecule has 2 aliphatic heterocycles. The SMILES string of the molecule is COc1ccc(C2C3=C(OC4CC(C)C(C)CC4C3=O)C(=O)N2CCCOC(C)C)cc1OC. The maximum atomic E-state index is 13.9. The lowest BCUT2D eigenvalue weighted by molar-refractivity contribution is -0.137. The number of benzene rings is 1. The topological polar surface area (TPSA) is 74.3 Å². The molecule has 4 rings (SSSR count). The number of carbonyl (C=O) groups is 2. The number of amides is 1. The van der Waals surface area contributed by atoms with E-state index in [1.54, 1.807) is 19.1 Å². The third kappa shape index (κ3) is 4.42. The molecular formula is C27H37NO6. The fourth-order valence-corrected chi connectivity index (χ4v) is 5.46. The first-order valence-electron chi connectivity index (χ1n) is 12.4. The third-order valence-electron chi connectivity index (χ3n) is 7.52. The maximum Gasteiger partial charge on any atom is 0.290 e. The van der Waals surface area contributed by atoms with Gasteiger partial charge in [0.25, 0.3) is 5.91 Å². The minimum atomic E-state index is -0.510. The molecule has 0 aromatic heterocycles. The van der Waals surface area contributed by atoms with Gasteiger partial charge in [-0.1, -0.05) is 19.9 Å². The standard InChI is InChI=1S/C27H37NO6/c1-15(2)33-11-7-10-28-24(18-8-9-20(31-5)22(14-18)32-6)23-25(29)19-12-16(3)17(4)13-21(19)34-26(23)27(28)30/h8-9,14-17,19,21,24H,7,10-13H2,1-6H3. The minimum Gasteiger partial charge on any atom is -0.493 e. The number of ether oxygens (including phenoxy) is 4. The van der Waals surface area contributed by atoms with Crippen molar-refractivity contribution in [3.63, 3.8) is 0 Å². The van der Waals surface area contributed by atoms with Crippen LogP contribution < -0.4 is 9.47 Å². The van der Waals surface area contributed by atoms with E-state index in [-0.39, 0.29) is 35.6 Å². The summed E-state index contributed by atoms with van der Waals surface area (Å²) in [5, 5.41) is 0. The second-order valence-electron chi connectivity index (χ2n) is 10.1. The molecule has 7 nitrogen and oxygen atoms in total. The van der Waals surface area contributed by atoms with E-state index in [0.717, 1.165) is 18.4 Å². The molecule has 2 heterocycles. The van der Waals surface area contributed by atoms with Crippen LogP contribution in [0.15, 0.2) is 29.5 Å². The molecule has 5 unspecified atom stereocenters. The van der Waals surface area contributed by atoms with Crippen LogP contribution in [-0.4, -0.2) is 56.2 Å². The van der Waals surface area contributed by atoms with Crippen molar-refractivity contribution in [3.05, 3.63) is 35.1 Å². The van der Waals surface area contributed by atoms with Crippen LogP contribution in [-0.2, 0) is 19.1 Å². The van der Waals surface area contributed by atoms with Crippen molar-refractivity contribution >= 4 is 11.7 Å². The molecular weight excluding hydrogens is 434 g/mol. The van der Waals surface area contributed by atoms with Gasteiger partial charge in [0.15, 0.2) is 23.0 Å². The van der Waals surface area contributed by atoms with Crippen LogP contribution in [0.4, 0.5) is 0 Å². The van der Waals surface area contributed by atoms with Crippen molar-refractivity contribution < 1.29 is 28.5 Å². The van der Waals surface area contributed by atoms with Crippen LogP contribution in [0.1, 0.15) is 58.6 Å². The zero-order chi connectivity index (χ0) is 24.6. The molecule has 0 radical (unpaired) electrons. The number of carbonyl (C=O) groups excluding carboxylic acids is 2. The zero-order valence-corrected chi connectivity index (χ0v) is 21.1. The number of Topliss-reactive ketones (excluding diaryl/α,β-unsaturated/α-hetero) is 1. The van der Waals surface area contributed by atoms with Gasteiger partial charge < -0.3 is 23.8 Å². The van der Waals surface area contributed by atoms with Crippen molar-refractivity contribution in [2.75, 3.05) is 27.4 Å². The van der Waals surface area contributed by atoms with Crippen LogP contribution in [0.25, 0.3) is 0 Å². The lowest BCUT2D eigenvalue weighted by Crippen LogP contribution is -2.43. The lowest BCUT2D eigenvalue weighted by Gasteiger charge is -2.40. The van der Waals surface area contributed by atoms with Crippen LogP contribution in [0.3, 0.4) is 0 Å². The maximum absolute atomic E-state index is 13.9. The molecule has 1 aromatic rings. The second-order valence-corrected chi connectivity index (χ2v) is 10.1. The van der Waals surface area contributed by atoms with Crippen molar-refractivity contribution in [1.29, 1.82) is 0 Å². The Morgan fingerprint density at radius 3 is 2.44 bits per heavy atom. The quantitative estimate of drug-likeness (QED) is 0.526. The van der Waals surface area contributed by atoms with E-state index in [9.17, 15) is 9.59 Å². The van der Waals surface area contributed by atoms with E-state index in [4.69, 9.17) is 18.9 Å². The number of fused-ring (bicyclic) bond motifs is 1. The predicted octanol–water partition coefficient (Wildman–Crippen LogP) is 4.31. The summed E-state index contributed by atoms with van der Waals surface area (Å²) < 4.78 is 22.9. The number of hydrogen-bond donors (Lipinski definition) is 0. The summed E-state index contributed by atoms with van der Waals surface area (Å²) in [6, 6.07) is 5.07. The van der Waals surface area contributed by atoms with Crippen LogP contribution in [0, 0.1) is 17.8 Å². The van der Waals surface area contributed by atoms with Gasteiger partial charge in [0.05, 0.1) is 37.9 Å². The highest BCUT2D eigenvalue weighted by atomic mass is 16.5. The molecule has 1 fully saturated rings. The Balaban J connectivity index is 1.71. The Labute approximate surface area is 202 Å². The van der Waals surface area contributed by atoms with Gasteiger partial charge in [-0.2, -0.15) is 0 Å². The fourth-order valence-electron chi connectivity index (χ4n) is 5.46. The van der Waals surface area contributed by atoms with Crippen molar-refractivity contribution in [2.24, 2.45) is 17.8 Å². The van der Waals surface area contributed by atoms with Gasteiger partial charge in [0, 0.05) is 13.2 Å². The van der Waals surface area contributed by atoms with Gasteiger partial charge in [-0.3, -0.25) is 9.59 Å². The summed E-state index contributed by atoms with van der Waals surface area (Å²) in [5.74, 6) is 1.93. The van der Waals surface area contributed by atoms with Crippen LogP contribution >= 0.6 is 0 Å². The van der Waals surface area contributed by atoms with E-state index in [1.165, 1.54) is 0 Å². The Morgan fingerprint density at radius 2 is 1.76 bits per heavy atom. The van der Waals surface area contributed by atoms with Gasteiger partial charge >= 0.3 is 0 Å². The molecule has 7 heteroatoms. The van der Waals surface area contributed by atoms with E-state index < -0.39 is 6.04 Å². The Hall–Kier alpha value is -2.54. The van der Waals surface area contributed by atoms with Crippen molar-refractivity contribution in [1.82, 2.24) is 4.90 Å². The van der Waals surface area contributed by atoms with Gasteiger partial charge in [-0.25, -0.2) is 0 Å². The van der Waals surface area contributed by atoms with Crippen molar-refractivity contribution in [3.8, 4) is 11.5 Å². The smallest absolute Gasteiger partial charge is 0.290 e. The van der Waals surface area contributed by atoms with Crippen molar-refractivity contribution in [2.45, 2.75) is 65.2 Å². The normalized spacial score (nSPS) is 28.7. The number of ketones is 1. The molecule has 1 amide bonds. The average Bonchev–Trinajstić information content (AvgIpc) is 3.09. The Kier molecular flexibility index (Phi) is 7.22. The first-order valence-corrected chi connectivity index (χ1v) is 12.4. The van der Waals surface area contributed by atoms with Gasteiger partial charge in [-0.15, -0.1) is 0 Å². The summed E-state index contributed by atoms with van der Waals surface area (Å²) in [4.78, 5) is 29.2. The first kappa shape index (κ1) is 24.6. The molecule has 1 saturated carbocycles. The molecule has 5 atom stereocenters. The highest BCUT2D eigenvalue weighted by Crippen LogP contribution is 2.49. The third-order valence-corrected chi connectivity index (χ3v) is 7.52. The van der Waals surface area contributed by atoms with E-state index in [0.29, 0.717) is 48.5 Å². The highest BCUT2D eigenvalue weighted by molar-refractivity contribution is 6.11. The average molecular weight is 472 g/mol. The first-order chi connectivity index (χ1) is 16.3. The number of nitrogens with zero attached hydrogens (tertiary/aromatic N) is 1. The van der Waals surface area contributed by atoms with E-state index in [2.05, 4.69) is 13.8 Å². The fraction of sp³-hybridized carbons (Fsp3) is 0.630. The summed E-state index contributed by atoms with van der Waals surface area (Å²) in [7, 11) is 3.17. The molecule has 3 aliphatic rings. The van der Waals surface area contributed by atoms with Crippen LogP contribution in [0.2, 0.25) is 0 Å². The largest absolute Gasteiger partial charge is 0.493 e. The minimum absolute atomic E-state index is 0.0547. The molecule has 0 bridgehead atoms. The Bertz CT molecular complexity index is 970. The summed E-state index contributed by atoms with van der Waals surface area (Å²) in [5.41, 5.74) is 1.30. The highest BCUT2D eigenvalue weighted by Gasteiger charge is 2.53.